The van der Waals surface area contributed by atoms with Crippen LogP contribution in [-0.2, 0) is 11.3 Å². The van der Waals surface area contributed by atoms with E-state index in [4.69, 9.17) is 5.26 Å². The van der Waals surface area contributed by atoms with Gasteiger partial charge in [0.15, 0.2) is 0 Å². The van der Waals surface area contributed by atoms with Crippen molar-refractivity contribution in [2.24, 2.45) is 0 Å². The minimum atomic E-state index is 0.123. The molecular weight excluding hydrogens is 214 g/mol. The van der Waals surface area contributed by atoms with E-state index in [0.29, 0.717) is 18.5 Å². The first-order chi connectivity index (χ1) is 8.28. The Morgan fingerprint density at radius 2 is 2.29 bits per heavy atom. The molecule has 1 fully saturated rings. The molecule has 1 aromatic carbocycles. The summed E-state index contributed by atoms with van der Waals surface area (Å²) in [7, 11) is 0. The largest absolute Gasteiger partial charge is 0.355 e. The Labute approximate surface area is 101 Å². The highest BCUT2D eigenvalue weighted by Crippen LogP contribution is 2.09. The van der Waals surface area contributed by atoms with Gasteiger partial charge in [-0.25, -0.2) is 0 Å². The van der Waals surface area contributed by atoms with Gasteiger partial charge in [0.2, 0.25) is 5.91 Å². The van der Waals surface area contributed by atoms with E-state index in [1.54, 1.807) is 6.07 Å². The van der Waals surface area contributed by atoms with Crippen LogP contribution in [-0.4, -0.2) is 30.4 Å². The predicted octanol–water partition coefficient (Wildman–Crippen LogP) is 0.880. The molecular formula is C13H15N3O. The Hall–Kier alpha value is -1.86. The van der Waals surface area contributed by atoms with Gasteiger partial charge in [0.25, 0.3) is 0 Å². The number of hydrogen-bond acceptors (Lipinski definition) is 3. The molecule has 1 amide bonds. The number of nitriles is 1. The van der Waals surface area contributed by atoms with E-state index in [2.05, 4.69) is 16.3 Å². The molecule has 0 aliphatic carbocycles. The third-order valence-electron chi connectivity index (χ3n) is 2.87. The maximum absolute atomic E-state index is 11.2. The van der Waals surface area contributed by atoms with Crippen LogP contribution in [0.15, 0.2) is 24.3 Å². The predicted molar refractivity (Wildman–Crippen MR) is 64.1 cm³/mol. The zero-order valence-electron chi connectivity index (χ0n) is 9.65. The smallest absolute Gasteiger partial charge is 0.221 e. The Morgan fingerprint density at radius 3 is 3.12 bits per heavy atom. The maximum atomic E-state index is 11.2. The average molecular weight is 229 g/mol. The lowest BCUT2D eigenvalue weighted by atomic mass is 10.1. The molecule has 1 aliphatic heterocycles. The van der Waals surface area contributed by atoms with Crippen molar-refractivity contribution >= 4 is 5.91 Å². The lowest BCUT2D eigenvalue weighted by Crippen LogP contribution is -2.28. The fraction of sp³-hybridized carbons (Fsp3) is 0.385. The molecule has 1 saturated heterocycles. The third kappa shape index (κ3) is 3.30. The van der Waals surface area contributed by atoms with Crippen molar-refractivity contribution in [2.45, 2.75) is 13.0 Å². The second kappa shape index (κ2) is 5.46. The quantitative estimate of drug-likeness (QED) is 0.819. The highest BCUT2D eigenvalue weighted by Gasteiger charge is 2.13. The van der Waals surface area contributed by atoms with Gasteiger partial charge in [-0.05, 0) is 17.7 Å². The molecule has 1 N–H and O–H groups in total. The van der Waals surface area contributed by atoms with Crippen molar-refractivity contribution < 1.29 is 4.79 Å². The number of carbonyl (C=O) groups is 1. The van der Waals surface area contributed by atoms with Crippen LogP contribution in [0.2, 0.25) is 0 Å². The Morgan fingerprint density at radius 1 is 1.41 bits per heavy atom. The van der Waals surface area contributed by atoms with Crippen LogP contribution < -0.4 is 5.32 Å². The lowest BCUT2D eigenvalue weighted by molar-refractivity contribution is -0.120. The summed E-state index contributed by atoms with van der Waals surface area (Å²) in [5.41, 5.74) is 1.81. The molecule has 4 nitrogen and oxygen atoms in total. The van der Waals surface area contributed by atoms with E-state index < -0.39 is 0 Å². The topological polar surface area (TPSA) is 56.1 Å². The number of nitrogens with one attached hydrogen (secondary N) is 1. The Bertz CT molecular complexity index is 450. The monoisotopic (exact) mass is 229 g/mol. The van der Waals surface area contributed by atoms with Gasteiger partial charge in [-0.2, -0.15) is 5.26 Å². The number of nitrogens with zero attached hydrogens (tertiary/aromatic N) is 2. The second-order valence-corrected chi connectivity index (χ2v) is 4.19. The second-order valence-electron chi connectivity index (χ2n) is 4.19. The van der Waals surface area contributed by atoms with Crippen LogP contribution in [0, 0.1) is 11.3 Å². The van der Waals surface area contributed by atoms with E-state index >= 15 is 0 Å². The summed E-state index contributed by atoms with van der Waals surface area (Å²) in [4.78, 5) is 13.4. The molecule has 0 unspecified atom stereocenters. The fourth-order valence-electron chi connectivity index (χ4n) is 1.97. The lowest BCUT2D eigenvalue weighted by Gasteiger charge is -2.18. The normalized spacial score (nSPS) is 17.0. The first-order valence-electron chi connectivity index (χ1n) is 5.76. The molecule has 2 rings (SSSR count). The summed E-state index contributed by atoms with van der Waals surface area (Å²) in [6, 6.07) is 9.76. The number of rotatable bonds is 2. The van der Waals surface area contributed by atoms with Gasteiger partial charge in [-0.15, -0.1) is 0 Å². The zero-order chi connectivity index (χ0) is 12.1. The van der Waals surface area contributed by atoms with Crippen molar-refractivity contribution in [3.63, 3.8) is 0 Å². The molecule has 1 heterocycles. The van der Waals surface area contributed by atoms with Crippen molar-refractivity contribution in [2.75, 3.05) is 19.6 Å². The molecule has 0 aromatic heterocycles. The summed E-state index contributed by atoms with van der Waals surface area (Å²) in [6.07, 6.45) is 0.554. The first kappa shape index (κ1) is 11.6. The van der Waals surface area contributed by atoms with Gasteiger partial charge in [0.05, 0.1) is 11.6 Å². The van der Waals surface area contributed by atoms with Gasteiger partial charge >= 0.3 is 0 Å². The summed E-state index contributed by atoms with van der Waals surface area (Å²) in [5.74, 6) is 0.123. The highest BCUT2D eigenvalue weighted by molar-refractivity contribution is 5.76. The summed E-state index contributed by atoms with van der Waals surface area (Å²) >= 11 is 0. The Balaban J connectivity index is 2.00. The third-order valence-corrected chi connectivity index (χ3v) is 2.87. The number of hydrogen-bond donors (Lipinski definition) is 1. The summed E-state index contributed by atoms with van der Waals surface area (Å²) in [5, 5.41) is 11.7. The molecule has 17 heavy (non-hydrogen) atoms. The SMILES string of the molecule is N#Cc1cccc(CN2CCNC(=O)CC2)c1. The zero-order valence-corrected chi connectivity index (χ0v) is 9.65. The highest BCUT2D eigenvalue weighted by atomic mass is 16.1. The molecule has 1 aromatic rings. The number of carbonyl (C=O) groups excluding carboxylic acids is 1. The number of benzene rings is 1. The van der Waals surface area contributed by atoms with E-state index in [1.807, 2.05) is 18.2 Å². The van der Waals surface area contributed by atoms with Gasteiger partial charge < -0.3 is 5.32 Å². The van der Waals surface area contributed by atoms with Crippen LogP contribution >= 0.6 is 0 Å². The molecule has 1 aliphatic rings. The van der Waals surface area contributed by atoms with Crippen molar-refractivity contribution in [3.05, 3.63) is 35.4 Å². The van der Waals surface area contributed by atoms with E-state index in [0.717, 1.165) is 25.2 Å². The molecule has 0 saturated carbocycles. The van der Waals surface area contributed by atoms with Crippen LogP contribution in [0.1, 0.15) is 17.5 Å². The number of amides is 1. The van der Waals surface area contributed by atoms with Crippen molar-refractivity contribution in [3.8, 4) is 6.07 Å². The molecule has 0 spiro atoms. The average Bonchev–Trinajstić information content (AvgIpc) is 2.55. The van der Waals surface area contributed by atoms with Gasteiger partial charge in [-0.3, -0.25) is 9.69 Å². The molecule has 88 valence electrons. The van der Waals surface area contributed by atoms with E-state index in [1.165, 1.54) is 0 Å². The van der Waals surface area contributed by atoms with Crippen LogP contribution in [0.4, 0.5) is 0 Å². The maximum Gasteiger partial charge on any atom is 0.221 e. The fourth-order valence-corrected chi connectivity index (χ4v) is 1.97. The van der Waals surface area contributed by atoms with Crippen LogP contribution in [0.25, 0.3) is 0 Å². The van der Waals surface area contributed by atoms with Crippen LogP contribution in [0.5, 0.6) is 0 Å². The standard InChI is InChI=1S/C13H15N3O/c14-9-11-2-1-3-12(8-11)10-16-6-4-13(17)15-5-7-16/h1-3,8H,4-7,10H2,(H,15,17). The Kier molecular flexibility index (Phi) is 3.73. The molecule has 0 bridgehead atoms. The minimum absolute atomic E-state index is 0.123. The first-order valence-corrected chi connectivity index (χ1v) is 5.76. The molecule has 0 radical (unpaired) electrons. The molecule has 4 heteroatoms. The van der Waals surface area contributed by atoms with Crippen LogP contribution in [0.3, 0.4) is 0 Å². The summed E-state index contributed by atoms with van der Waals surface area (Å²) in [6.45, 7) is 3.15. The van der Waals surface area contributed by atoms with Crippen molar-refractivity contribution in [1.29, 1.82) is 5.26 Å². The minimum Gasteiger partial charge on any atom is -0.355 e. The van der Waals surface area contributed by atoms with Gasteiger partial charge in [0.1, 0.15) is 0 Å². The van der Waals surface area contributed by atoms with Gasteiger partial charge in [-0.1, -0.05) is 12.1 Å². The van der Waals surface area contributed by atoms with E-state index in [9.17, 15) is 4.79 Å². The van der Waals surface area contributed by atoms with Gasteiger partial charge in [0, 0.05) is 32.6 Å². The molecule has 0 atom stereocenters. The summed E-state index contributed by atoms with van der Waals surface area (Å²) < 4.78 is 0. The van der Waals surface area contributed by atoms with Crippen molar-refractivity contribution in [1.82, 2.24) is 10.2 Å². The van der Waals surface area contributed by atoms with E-state index in [-0.39, 0.29) is 5.91 Å².